The smallest absolute Gasteiger partial charge is 0.339 e. The van der Waals surface area contributed by atoms with Crippen molar-refractivity contribution in [2.24, 2.45) is 0 Å². The van der Waals surface area contributed by atoms with Crippen LogP contribution in [0, 0.1) is 0 Å². The third-order valence-electron chi connectivity index (χ3n) is 2.97. The molecule has 1 heterocycles. The van der Waals surface area contributed by atoms with Crippen molar-refractivity contribution in [3.05, 3.63) is 58.3 Å². The Morgan fingerprint density at radius 2 is 2.00 bits per heavy atom. The third kappa shape index (κ3) is 4.72. The molecule has 1 N–H and O–H groups in total. The van der Waals surface area contributed by atoms with Gasteiger partial charge in [0.05, 0.1) is 5.56 Å². The molecule has 0 aliphatic carbocycles. The Hall–Kier alpha value is -2.14. The van der Waals surface area contributed by atoms with Crippen LogP contribution >= 0.6 is 11.3 Å². The van der Waals surface area contributed by atoms with Crippen LogP contribution in [0.2, 0.25) is 0 Å². The summed E-state index contributed by atoms with van der Waals surface area (Å²) >= 11 is 1.41. The van der Waals surface area contributed by atoms with Gasteiger partial charge in [0.2, 0.25) is 0 Å². The van der Waals surface area contributed by atoms with E-state index in [4.69, 9.17) is 4.74 Å². The van der Waals surface area contributed by atoms with Crippen LogP contribution in [0.1, 0.15) is 22.8 Å². The SMILES string of the molecule is C[C@H](OC(=O)c1ccsc1)C(=O)NCCc1ccccc1. The Kier molecular flexibility index (Phi) is 5.51. The summed E-state index contributed by atoms with van der Waals surface area (Å²) in [6, 6.07) is 11.6. The molecule has 1 aromatic heterocycles. The molecule has 2 rings (SSSR count). The number of esters is 1. The fourth-order valence-corrected chi connectivity index (χ4v) is 2.41. The van der Waals surface area contributed by atoms with E-state index < -0.39 is 12.1 Å². The largest absolute Gasteiger partial charge is 0.449 e. The molecule has 110 valence electrons. The Morgan fingerprint density at radius 1 is 1.24 bits per heavy atom. The van der Waals surface area contributed by atoms with Gasteiger partial charge >= 0.3 is 5.97 Å². The lowest BCUT2D eigenvalue weighted by molar-refractivity contribution is -0.129. The summed E-state index contributed by atoms with van der Waals surface area (Å²) in [5.41, 5.74) is 1.63. The van der Waals surface area contributed by atoms with Crippen LogP contribution < -0.4 is 5.32 Å². The fourth-order valence-electron chi connectivity index (χ4n) is 1.78. The molecule has 21 heavy (non-hydrogen) atoms. The van der Waals surface area contributed by atoms with Gasteiger partial charge < -0.3 is 10.1 Å². The van der Waals surface area contributed by atoms with Crippen molar-refractivity contribution in [1.82, 2.24) is 5.32 Å². The van der Waals surface area contributed by atoms with Crippen molar-refractivity contribution >= 4 is 23.2 Å². The number of amides is 1. The van der Waals surface area contributed by atoms with E-state index in [1.165, 1.54) is 11.3 Å². The van der Waals surface area contributed by atoms with Gasteiger partial charge in [-0.15, -0.1) is 0 Å². The van der Waals surface area contributed by atoms with Gasteiger partial charge in [0.1, 0.15) is 0 Å². The molecule has 0 aliphatic heterocycles. The summed E-state index contributed by atoms with van der Waals surface area (Å²) in [5.74, 6) is -0.753. The summed E-state index contributed by atoms with van der Waals surface area (Å²) in [6.07, 6.45) is -0.0502. The molecule has 1 aromatic carbocycles. The van der Waals surface area contributed by atoms with Crippen LogP contribution in [-0.2, 0) is 16.0 Å². The van der Waals surface area contributed by atoms with Crippen LogP contribution in [0.3, 0.4) is 0 Å². The second-order valence-electron chi connectivity index (χ2n) is 4.59. The number of carbonyl (C=O) groups excluding carboxylic acids is 2. The van der Waals surface area contributed by atoms with Crippen molar-refractivity contribution in [3.63, 3.8) is 0 Å². The van der Waals surface area contributed by atoms with Gasteiger partial charge in [0, 0.05) is 11.9 Å². The van der Waals surface area contributed by atoms with Crippen LogP contribution in [0.5, 0.6) is 0 Å². The fraction of sp³-hybridized carbons (Fsp3) is 0.250. The second-order valence-corrected chi connectivity index (χ2v) is 5.37. The molecule has 5 heteroatoms. The van der Waals surface area contributed by atoms with Gasteiger partial charge in [-0.25, -0.2) is 4.79 Å². The highest BCUT2D eigenvalue weighted by Gasteiger charge is 2.18. The second kappa shape index (κ2) is 7.59. The molecule has 1 atom stereocenters. The molecule has 0 unspecified atom stereocenters. The highest BCUT2D eigenvalue weighted by atomic mass is 32.1. The Morgan fingerprint density at radius 3 is 2.67 bits per heavy atom. The number of benzene rings is 1. The molecular formula is C16H17NO3S. The van der Waals surface area contributed by atoms with Crippen molar-refractivity contribution in [1.29, 1.82) is 0 Å². The molecule has 0 aliphatic rings. The van der Waals surface area contributed by atoms with E-state index in [0.717, 1.165) is 12.0 Å². The molecule has 0 saturated carbocycles. The molecule has 0 saturated heterocycles. The van der Waals surface area contributed by atoms with Gasteiger partial charge in [0.25, 0.3) is 5.91 Å². The Balaban J connectivity index is 1.74. The predicted molar refractivity (Wildman–Crippen MR) is 82.4 cm³/mol. The maximum atomic E-state index is 11.9. The van der Waals surface area contributed by atoms with Gasteiger partial charge in [-0.1, -0.05) is 30.3 Å². The molecule has 0 radical (unpaired) electrons. The van der Waals surface area contributed by atoms with E-state index in [2.05, 4.69) is 5.32 Å². The van der Waals surface area contributed by atoms with Crippen LogP contribution in [0.25, 0.3) is 0 Å². The number of nitrogens with one attached hydrogen (secondary N) is 1. The lowest BCUT2D eigenvalue weighted by Gasteiger charge is -2.13. The minimum absolute atomic E-state index is 0.283. The summed E-state index contributed by atoms with van der Waals surface area (Å²) in [5, 5.41) is 6.26. The first kappa shape index (κ1) is 15.3. The van der Waals surface area contributed by atoms with E-state index >= 15 is 0 Å². The van der Waals surface area contributed by atoms with E-state index in [0.29, 0.717) is 12.1 Å². The minimum Gasteiger partial charge on any atom is -0.449 e. The van der Waals surface area contributed by atoms with E-state index in [-0.39, 0.29) is 5.91 Å². The van der Waals surface area contributed by atoms with Crippen molar-refractivity contribution in [2.45, 2.75) is 19.4 Å². The lowest BCUT2D eigenvalue weighted by atomic mass is 10.1. The maximum Gasteiger partial charge on any atom is 0.339 e. The molecular weight excluding hydrogens is 286 g/mol. The van der Waals surface area contributed by atoms with Gasteiger partial charge in [-0.05, 0) is 30.4 Å². The lowest BCUT2D eigenvalue weighted by Crippen LogP contribution is -2.36. The molecule has 0 spiro atoms. The standard InChI is InChI=1S/C16H17NO3S/c1-12(20-16(19)14-8-10-21-11-14)15(18)17-9-7-13-5-3-2-4-6-13/h2-6,8,10-12H,7,9H2,1H3,(H,17,18)/t12-/m0/s1. The highest BCUT2D eigenvalue weighted by molar-refractivity contribution is 7.08. The number of rotatable bonds is 6. The quantitative estimate of drug-likeness (QED) is 0.835. The number of hydrogen-bond acceptors (Lipinski definition) is 4. The first-order valence-corrected chi connectivity index (χ1v) is 7.66. The van der Waals surface area contributed by atoms with Gasteiger partial charge in [-0.3, -0.25) is 4.79 Å². The average molecular weight is 303 g/mol. The molecule has 0 fully saturated rings. The van der Waals surface area contributed by atoms with Crippen molar-refractivity contribution in [2.75, 3.05) is 6.54 Å². The normalized spacial score (nSPS) is 11.7. The predicted octanol–water partition coefficient (Wildman–Crippen LogP) is 2.65. The zero-order valence-electron chi connectivity index (χ0n) is 11.7. The van der Waals surface area contributed by atoms with Crippen LogP contribution in [-0.4, -0.2) is 24.5 Å². The molecule has 0 bridgehead atoms. The average Bonchev–Trinajstić information content (AvgIpc) is 3.02. The summed E-state index contributed by atoms with van der Waals surface area (Å²) in [4.78, 5) is 23.6. The van der Waals surface area contributed by atoms with Gasteiger partial charge in [-0.2, -0.15) is 11.3 Å². The summed E-state index contributed by atoms with van der Waals surface area (Å²) in [7, 11) is 0. The highest BCUT2D eigenvalue weighted by Crippen LogP contribution is 2.09. The molecule has 2 aromatic rings. The molecule has 1 amide bonds. The van der Waals surface area contributed by atoms with E-state index in [1.807, 2.05) is 30.3 Å². The maximum absolute atomic E-state index is 11.9. The number of ether oxygens (including phenoxy) is 1. The summed E-state index contributed by atoms with van der Waals surface area (Å²) in [6.45, 7) is 2.09. The van der Waals surface area contributed by atoms with Gasteiger partial charge in [0.15, 0.2) is 6.10 Å². The number of thiophene rings is 1. The minimum atomic E-state index is -0.798. The van der Waals surface area contributed by atoms with E-state index in [9.17, 15) is 9.59 Å². The summed E-state index contributed by atoms with van der Waals surface area (Å²) < 4.78 is 5.11. The van der Waals surface area contributed by atoms with E-state index in [1.54, 1.807) is 23.8 Å². The van der Waals surface area contributed by atoms with Crippen LogP contribution in [0.15, 0.2) is 47.2 Å². The zero-order valence-corrected chi connectivity index (χ0v) is 12.6. The Bertz CT molecular complexity index is 581. The monoisotopic (exact) mass is 303 g/mol. The zero-order chi connectivity index (χ0) is 15.1. The van der Waals surface area contributed by atoms with Crippen LogP contribution in [0.4, 0.5) is 0 Å². The first-order valence-electron chi connectivity index (χ1n) is 6.71. The first-order chi connectivity index (χ1) is 10.2. The van der Waals surface area contributed by atoms with Crippen molar-refractivity contribution < 1.29 is 14.3 Å². The topological polar surface area (TPSA) is 55.4 Å². The van der Waals surface area contributed by atoms with Crippen molar-refractivity contribution in [3.8, 4) is 0 Å². The molecule has 4 nitrogen and oxygen atoms in total. The number of carbonyl (C=O) groups is 2. The Labute approximate surface area is 127 Å². The number of hydrogen-bond donors (Lipinski definition) is 1. The third-order valence-corrected chi connectivity index (χ3v) is 3.65.